The standard InChI is InChI=1S/C12H24N2/c1-4-10(9(2)3)11-7-5-6-8-12(11)14-13/h9-10,14H,4-8,13H2,1-3H3. The first-order chi connectivity index (χ1) is 6.70. The van der Waals surface area contributed by atoms with E-state index in [1.54, 1.807) is 5.57 Å². The number of allylic oxidation sites excluding steroid dienone is 2. The Morgan fingerprint density at radius 3 is 2.43 bits per heavy atom. The van der Waals surface area contributed by atoms with E-state index in [0.717, 1.165) is 18.3 Å². The molecule has 1 atom stereocenters. The van der Waals surface area contributed by atoms with E-state index in [2.05, 4.69) is 26.2 Å². The third-order valence-electron chi connectivity index (χ3n) is 3.38. The van der Waals surface area contributed by atoms with Crippen LogP contribution in [0.25, 0.3) is 0 Å². The highest BCUT2D eigenvalue weighted by Crippen LogP contribution is 2.34. The second-order valence-corrected chi connectivity index (χ2v) is 4.61. The topological polar surface area (TPSA) is 38.0 Å². The third-order valence-corrected chi connectivity index (χ3v) is 3.38. The van der Waals surface area contributed by atoms with E-state index >= 15 is 0 Å². The lowest BCUT2D eigenvalue weighted by molar-refractivity contribution is 0.397. The summed E-state index contributed by atoms with van der Waals surface area (Å²) in [6.45, 7) is 6.90. The van der Waals surface area contributed by atoms with Crippen molar-refractivity contribution in [2.45, 2.75) is 52.9 Å². The minimum atomic E-state index is 0.723. The maximum Gasteiger partial charge on any atom is 0.0254 e. The van der Waals surface area contributed by atoms with Gasteiger partial charge in [0.2, 0.25) is 0 Å². The zero-order chi connectivity index (χ0) is 10.6. The van der Waals surface area contributed by atoms with Gasteiger partial charge in [-0.05, 0) is 49.5 Å². The first-order valence-electron chi connectivity index (χ1n) is 5.89. The lowest BCUT2D eigenvalue weighted by Gasteiger charge is -2.29. The van der Waals surface area contributed by atoms with Crippen LogP contribution in [0.3, 0.4) is 0 Å². The molecule has 0 aromatic carbocycles. The number of nitrogens with one attached hydrogen (secondary N) is 1. The summed E-state index contributed by atoms with van der Waals surface area (Å²) in [5, 5.41) is 0. The van der Waals surface area contributed by atoms with Crippen LogP contribution < -0.4 is 11.3 Å². The van der Waals surface area contributed by atoms with E-state index in [1.165, 1.54) is 31.4 Å². The van der Waals surface area contributed by atoms with Gasteiger partial charge in [-0.25, -0.2) is 0 Å². The first kappa shape index (κ1) is 11.6. The number of hydrogen-bond acceptors (Lipinski definition) is 2. The van der Waals surface area contributed by atoms with Crippen molar-refractivity contribution in [3.05, 3.63) is 11.3 Å². The molecule has 1 aliphatic rings. The van der Waals surface area contributed by atoms with Crippen molar-refractivity contribution in [2.24, 2.45) is 17.7 Å². The highest BCUT2D eigenvalue weighted by Gasteiger charge is 2.21. The van der Waals surface area contributed by atoms with Crippen LogP contribution in [-0.4, -0.2) is 0 Å². The summed E-state index contributed by atoms with van der Waals surface area (Å²) in [6.07, 6.45) is 6.25. The summed E-state index contributed by atoms with van der Waals surface area (Å²) in [7, 11) is 0. The molecule has 1 rings (SSSR count). The summed E-state index contributed by atoms with van der Waals surface area (Å²) in [5.41, 5.74) is 5.81. The SMILES string of the molecule is CCC(C1=C(NN)CCCC1)C(C)C. The van der Waals surface area contributed by atoms with Gasteiger partial charge in [-0.3, -0.25) is 5.84 Å². The zero-order valence-corrected chi connectivity index (χ0v) is 9.77. The van der Waals surface area contributed by atoms with Gasteiger partial charge in [0.15, 0.2) is 0 Å². The quantitative estimate of drug-likeness (QED) is 0.536. The molecule has 0 spiro atoms. The fraction of sp³-hybridized carbons (Fsp3) is 0.833. The minimum absolute atomic E-state index is 0.723. The molecule has 82 valence electrons. The molecular weight excluding hydrogens is 172 g/mol. The molecule has 0 aliphatic heterocycles. The lowest BCUT2D eigenvalue weighted by atomic mass is 9.79. The molecule has 0 radical (unpaired) electrons. The molecule has 2 heteroatoms. The average Bonchev–Trinajstić information content (AvgIpc) is 2.19. The van der Waals surface area contributed by atoms with Crippen LogP contribution in [0.2, 0.25) is 0 Å². The monoisotopic (exact) mass is 196 g/mol. The molecule has 2 nitrogen and oxygen atoms in total. The maximum absolute atomic E-state index is 5.58. The Bertz CT molecular complexity index is 206. The number of nitrogens with two attached hydrogens (primary N) is 1. The van der Waals surface area contributed by atoms with Crippen LogP contribution >= 0.6 is 0 Å². The second kappa shape index (κ2) is 5.40. The Morgan fingerprint density at radius 2 is 1.93 bits per heavy atom. The lowest BCUT2D eigenvalue weighted by Crippen LogP contribution is -2.27. The van der Waals surface area contributed by atoms with Gasteiger partial charge in [0.1, 0.15) is 0 Å². The van der Waals surface area contributed by atoms with Crippen molar-refractivity contribution in [1.29, 1.82) is 0 Å². The van der Waals surface area contributed by atoms with Crippen molar-refractivity contribution in [3.63, 3.8) is 0 Å². The predicted molar refractivity (Wildman–Crippen MR) is 61.4 cm³/mol. The van der Waals surface area contributed by atoms with E-state index in [4.69, 9.17) is 5.84 Å². The van der Waals surface area contributed by atoms with E-state index < -0.39 is 0 Å². The predicted octanol–water partition coefficient (Wildman–Crippen LogP) is 2.96. The maximum atomic E-state index is 5.58. The van der Waals surface area contributed by atoms with Crippen LogP contribution in [0.5, 0.6) is 0 Å². The molecule has 0 fully saturated rings. The van der Waals surface area contributed by atoms with Crippen molar-refractivity contribution in [2.75, 3.05) is 0 Å². The summed E-state index contributed by atoms with van der Waals surface area (Å²) in [4.78, 5) is 0. The largest absolute Gasteiger partial charge is 0.328 e. The van der Waals surface area contributed by atoms with Gasteiger partial charge in [0.05, 0.1) is 0 Å². The fourth-order valence-corrected chi connectivity index (χ4v) is 2.62. The summed E-state index contributed by atoms with van der Waals surface area (Å²) in [5.74, 6) is 7.03. The van der Waals surface area contributed by atoms with Crippen LogP contribution in [0.4, 0.5) is 0 Å². The molecule has 1 aliphatic carbocycles. The second-order valence-electron chi connectivity index (χ2n) is 4.61. The van der Waals surface area contributed by atoms with Crippen LogP contribution in [0.15, 0.2) is 11.3 Å². The Hall–Kier alpha value is -0.500. The molecule has 1 unspecified atom stereocenters. The van der Waals surface area contributed by atoms with E-state index in [0.29, 0.717) is 0 Å². The van der Waals surface area contributed by atoms with Gasteiger partial charge >= 0.3 is 0 Å². The third kappa shape index (κ3) is 2.50. The Balaban J connectivity index is 2.83. The summed E-state index contributed by atoms with van der Waals surface area (Å²) in [6, 6.07) is 0. The molecule has 0 aromatic heterocycles. The normalized spacial score (nSPS) is 20.1. The van der Waals surface area contributed by atoms with Gasteiger partial charge in [0, 0.05) is 5.70 Å². The number of hydrazine groups is 1. The van der Waals surface area contributed by atoms with Gasteiger partial charge in [0.25, 0.3) is 0 Å². The van der Waals surface area contributed by atoms with Crippen LogP contribution in [0, 0.1) is 11.8 Å². The minimum Gasteiger partial charge on any atom is -0.328 e. The Labute approximate surface area is 87.9 Å². The van der Waals surface area contributed by atoms with Crippen LogP contribution in [0.1, 0.15) is 52.9 Å². The van der Waals surface area contributed by atoms with Crippen molar-refractivity contribution < 1.29 is 0 Å². The molecule has 0 aromatic rings. The van der Waals surface area contributed by atoms with E-state index in [9.17, 15) is 0 Å². The van der Waals surface area contributed by atoms with Gasteiger partial charge < -0.3 is 5.43 Å². The van der Waals surface area contributed by atoms with E-state index in [1.807, 2.05) is 0 Å². The molecular formula is C12H24N2. The molecule has 0 bridgehead atoms. The average molecular weight is 196 g/mol. The smallest absolute Gasteiger partial charge is 0.0254 e. The van der Waals surface area contributed by atoms with Gasteiger partial charge in [-0.2, -0.15) is 0 Å². The first-order valence-corrected chi connectivity index (χ1v) is 5.89. The Morgan fingerprint density at radius 1 is 1.29 bits per heavy atom. The molecule has 3 N–H and O–H groups in total. The zero-order valence-electron chi connectivity index (χ0n) is 9.77. The van der Waals surface area contributed by atoms with Crippen LogP contribution in [-0.2, 0) is 0 Å². The summed E-state index contributed by atoms with van der Waals surface area (Å²) < 4.78 is 0. The Kier molecular flexibility index (Phi) is 4.46. The van der Waals surface area contributed by atoms with Gasteiger partial charge in [-0.1, -0.05) is 20.8 Å². The number of hydrogen-bond donors (Lipinski definition) is 2. The van der Waals surface area contributed by atoms with E-state index in [-0.39, 0.29) is 0 Å². The molecule has 0 amide bonds. The number of rotatable bonds is 4. The van der Waals surface area contributed by atoms with Gasteiger partial charge in [-0.15, -0.1) is 0 Å². The molecule has 0 saturated carbocycles. The summed E-state index contributed by atoms with van der Waals surface area (Å²) >= 11 is 0. The molecule has 0 saturated heterocycles. The highest BCUT2D eigenvalue weighted by atomic mass is 15.2. The fourth-order valence-electron chi connectivity index (χ4n) is 2.62. The highest BCUT2D eigenvalue weighted by molar-refractivity contribution is 5.18. The molecule has 14 heavy (non-hydrogen) atoms. The molecule has 0 heterocycles. The van der Waals surface area contributed by atoms with Crippen molar-refractivity contribution in [3.8, 4) is 0 Å². The van der Waals surface area contributed by atoms with Crippen molar-refractivity contribution >= 4 is 0 Å². The van der Waals surface area contributed by atoms with Crippen molar-refractivity contribution in [1.82, 2.24) is 5.43 Å².